The third-order valence-corrected chi connectivity index (χ3v) is 4.41. The van der Waals surface area contributed by atoms with Crippen LogP contribution in [0.1, 0.15) is 18.9 Å². The molecular formula is C13H21BrN2S. The Balaban J connectivity index is 2.69. The molecule has 0 aliphatic heterocycles. The average molecular weight is 317 g/mol. The van der Waals surface area contributed by atoms with Crippen molar-refractivity contribution in [2.45, 2.75) is 25.9 Å². The summed E-state index contributed by atoms with van der Waals surface area (Å²) in [6, 6.07) is 6.67. The van der Waals surface area contributed by atoms with E-state index in [0.717, 1.165) is 16.7 Å². The van der Waals surface area contributed by atoms with Crippen LogP contribution in [0.5, 0.6) is 0 Å². The molecule has 0 heterocycles. The third-order valence-electron chi connectivity index (χ3n) is 2.95. The van der Waals surface area contributed by atoms with Gasteiger partial charge in [-0.2, -0.15) is 11.8 Å². The van der Waals surface area contributed by atoms with Gasteiger partial charge >= 0.3 is 0 Å². The van der Waals surface area contributed by atoms with E-state index >= 15 is 0 Å². The van der Waals surface area contributed by atoms with Gasteiger partial charge in [-0.25, -0.2) is 0 Å². The SMILES string of the molecule is CCC(CSC)N(C)Cc1ccc(N)cc1Br. The zero-order chi connectivity index (χ0) is 12.8. The second-order valence-electron chi connectivity index (χ2n) is 4.28. The lowest BCUT2D eigenvalue weighted by Gasteiger charge is -2.27. The van der Waals surface area contributed by atoms with Crippen LogP contribution < -0.4 is 5.73 Å². The summed E-state index contributed by atoms with van der Waals surface area (Å²) in [7, 11) is 2.19. The highest BCUT2D eigenvalue weighted by Gasteiger charge is 2.13. The van der Waals surface area contributed by atoms with E-state index in [-0.39, 0.29) is 0 Å². The monoisotopic (exact) mass is 316 g/mol. The van der Waals surface area contributed by atoms with E-state index in [9.17, 15) is 0 Å². The van der Waals surface area contributed by atoms with Gasteiger partial charge in [0.25, 0.3) is 0 Å². The molecule has 96 valence electrons. The Morgan fingerprint density at radius 3 is 2.71 bits per heavy atom. The molecule has 1 rings (SSSR count). The summed E-state index contributed by atoms with van der Waals surface area (Å²) in [5, 5.41) is 0. The van der Waals surface area contributed by atoms with Crippen molar-refractivity contribution in [3.63, 3.8) is 0 Å². The molecule has 0 fully saturated rings. The lowest BCUT2D eigenvalue weighted by molar-refractivity contribution is 0.247. The Kier molecular flexibility index (Phi) is 6.38. The minimum absolute atomic E-state index is 0.634. The van der Waals surface area contributed by atoms with Gasteiger partial charge in [-0.3, -0.25) is 4.90 Å². The first kappa shape index (κ1) is 14.9. The maximum atomic E-state index is 5.75. The molecule has 0 saturated heterocycles. The van der Waals surface area contributed by atoms with Crippen LogP contribution in [-0.4, -0.2) is 30.0 Å². The number of hydrogen-bond donors (Lipinski definition) is 1. The Labute approximate surface area is 117 Å². The molecule has 0 amide bonds. The minimum Gasteiger partial charge on any atom is -0.399 e. The van der Waals surface area contributed by atoms with Crippen LogP contribution in [0.3, 0.4) is 0 Å². The molecule has 2 nitrogen and oxygen atoms in total. The number of nitrogens with two attached hydrogens (primary N) is 1. The fourth-order valence-corrected chi connectivity index (χ4v) is 3.24. The maximum absolute atomic E-state index is 5.75. The van der Waals surface area contributed by atoms with E-state index in [1.807, 2.05) is 23.9 Å². The summed E-state index contributed by atoms with van der Waals surface area (Å²) >= 11 is 5.48. The van der Waals surface area contributed by atoms with Crippen LogP contribution in [0, 0.1) is 0 Å². The number of nitrogen functional groups attached to an aromatic ring is 1. The van der Waals surface area contributed by atoms with Crippen LogP contribution in [0.2, 0.25) is 0 Å². The lowest BCUT2D eigenvalue weighted by Crippen LogP contribution is -2.32. The zero-order valence-electron chi connectivity index (χ0n) is 10.7. The van der Waals surface area contributed by atoms with Crippen molar-refractivity contribution in [1.82, 2.24) is 4.90 Å². The predicted octanol–water partition coefficient (Wildman–Crippen LogP) is 3.60. The Morgan fingerprint density at radius 2 is 2.18 bits per heavy atom. The highest BCUT2D eigenvalue weighted by molar-refractivity contribution is 9.10. The van der Waals surface area contributed by atoms with E-state index in [1.54, 1.807) is 0 Å². The van der Waals surface area contributed by atoms with Crippen LogP contribution in [0.15, 0.2) is 22.7 Å². The van der Waals surface area contributed by atoms with Crippen molar-refractivity contribution < 1.29 is 0 Å². The van der Waals surface area contributed by atoms with E-state index in [1.165, 1.54) is 17.7 Å². The van der Waals surface area contributed by atoms with Crippen LogP contribution >= 0.6 is 27.7 Å². The number of benzene rings is 1. The van der Waals surface area contributed by atoms with Crippen LogP contribution in [0.4, 0.5) is 5.69 Å². The van der Waals surface area contributed by atoms with Crippen molar-refractivity contribution in [1.29, 1.82) is 0 Å². The van der Waals surface area contributed by atoms with Gasteiger partial charge in [-0.15, -0.1) is 0 Å². The fraction of sp³-hybridized carbons (Fsp3) is 0.538. The van der Waals surface area contributed by atoms with Crippen LogP contribution in [0.25, 0.3) is 0 Å². The Bertz CT molecular complexity index is 357. The molecule has 1 aromatic carbocycles. The Morgan fingerprint density at radius 1 is 1.47 bits per heavy atom. The number of thioether (sulfide) groups is 1. The van der Waals surface area contributed by atoms with Crippen molar-refractivity contribution in [2.24, 2.45) is 0 Å². The Hall–Kier alpha value is -0.190. The molecule has 1 unspecified atom stereocenters. The van der Waals surface area contributed by atoms with E-state index in [2.05, 4.69) is 47.1 Å². The van der Waals surface area contributed by atoms with Crippen LogP contribution in [-0.2, 0) is 6.54 Å². The molecule has 17 heavy (non-hydrogen) atoms. The normalized spacial score (nSPS) is 13.0. The summed E-state index contributed by atoms with van der Waals surface area (Å²) in [6.07, 6.45) is 3.35. The first-order valence-corrected chi connectivity index (χ1v) is 8.00. The number of halogens is 1. The molecule has 0 aliphatic rings. The number of hydrogen-bond acceptors (Lipinski definition) is 3. The number of anilines is 1. The smallest absolute Gasteiger partial charge is 0.0325 e. The predicted molar refractivity (Wildman–Crippen MR) is 82.5 cm³/mol. The summed E-state index contributed by atoms with van der Waals surface area (Å²) in [6.45, 7) is 3.20. The van der Waals surface area contributed by atoms with Gasteiger partial charge in [0.2, 0.25) is 0 Å². The van der Waals surface area contributed by atoms with Gasteiger partial charge in [0, 0.05) is 28.5 Å². The van der Waals surface area contributed by atoms with Crippen molar-refractivity contribution >= 4 is 33.4 Å². The molecule has 0 aliphatic carbocycles. The molecule has 4 heteroatoms. The van der Waals surface area contributed by atoms with Gasteiger partial charge in [0.15, 0.2) is 0 Å². The van der Waals surface area contributed by atoms with E-state index < -0.39 is 0 Å². The zero-order valence-corrected chi connectivity index (χ0v) is 13.1. The van der Waals surface area contributed by atoms with Crippen molar-refractivity contribution in [3.05, 3.63) is 28.2 Å². The molecule has 0 radical (unpaired) electrons. The average Bonchev–Trinajstić information content (AvgIpc) is 2.29. The summed E-state index contributed by atoms with van der Waals surface area (Å²) in [5.41, 5.74) is 7.84. The second-order valence-corrected chi connectivity index (χ2v) is 6.05. The van der Waals surface area contributed by atoms with E-state index in [0.29, 0.717) is 6.04 Å². The minimum atomic E-state index is 0.634. The van der Waals surface area contributed by atoms with Gasteiger partial charge in [0.05, 0.1) is 0 Å². The van der Waals surface area contributed by atoms with Crippen molar-refractivity contribution in [2.75, 3.05) is 24.8 Å². The second kappa shape index (κ2) is 7.29. The molecule has 0 spiro atoms. The topological polar surface area (TPSA) is 29.3 Å². The largest absolute Gasteiger partial charge is 0.399 e. The summed E-state index contributed by atoms with van der Waals surface area (Å²) < 4.78 is 1.10. The molecule has 1 aromatic rings. The number of rotatable bonds is 6. The first-order chi connectivity index (χ1) is 8.08. The van der Waals surface area contributed by atoms with Gasteiger partial charge < -0.3 is 5.73 Å². The fourth-order valence-electron chi connectivity index (χ4n) is 1.84. The standard InChI is InChI=1S/C13H21BrN2S/c1-4-12(9-17-3)16(2)8-10-5-6-11(15)7-13(10)14/h5-7,12H,4,8-9,15H2,1-3H3. The highest BCUT2D eigenvalue weighted by atomic mass is 79.9. The molecular weight excluding hydrogens is 296 g/mol. The van der Waals surface area contributed by atoms with Gasteiger partial charge in [-0.05, 0) is 37.4 Å². The van der Waals surface area contributed by atoms with Gasteiger partial charge in [0.1, 0.15) is 0 Å². The molecule has 1 atom stereocenters. The molecule has 0 aromatic heterocycles. The maximum Gasteiger partial charge on any atom is 0.0325 e. The first-order valence-electron chi connectivity index (χ1n) is 5.81. The lowest BCUT2D eigenvalue weighted by atomic mass is 10.1. The van der Waals surface area contributed by atoms with Gasteiger partial charge in [-0.1, -0.05) is 28.9 Å². The summed E-state index contributed by atoms with van der Waals surface area (Å²) in [5.74, 6) is 1.18. The van der Waals surface area contributed by atoms with Crippen molar-refractivity contribution in [3.8, 4) is 0 Å². The third kappa shape index (κ3) is 4.53. The molecule has 0 saturated carbocycles. The molecule has 0 bridgehead atoms. The summed E-state index contributed by atoms with van der Waals surface area (Å²) in [4.78, 5) is 2.41. The number of nitrogens with zero attached hydrogens (tertiary/aromatic N) is 1. The highest BCUT2D eigenvalue weighted by Crippen LogP contribution is 2.22. The quantitative estimate of drug-likeness (QED) is 0.813. The molecule has 2 N–H and O–H groups in total. The van der Waals surface area contributed by atoms with E-state index in [4.69, 9.17) is 5.73 Å².